The molecule has 4 rings (SSSR count). The fourth-order valence-electron chi connectivity index (χ4n) is 2.74. The Bertz CT molecular complexity index is 627. The number of imidazole rings is 1. The quantitative estimate of drug-likeness (QED) is 0.881. The predicted octanol–water partition coefficient (Wildman–Crippen LogP) is 1.40. The SMILES string of the molecule is Cn1ccnc1-c1nc2c(c(C3CC3)n1)CNCC2. The maximum Gasteiger partial charge on any atom is 0.196 e. The number of nitrogens with one attached hydrogen (secondary N) is 1. The molecule has 2 aromatic rings. The second-order valence-electron chi connectivity index (χ2n) is 5.42. The Morgan fingerprint density at radius 1 is 1.32 bits per heavy atom. The van der Waals surface area contributed by atoms with E-state index in [0.29, 0.717) is 5.92 Å². The Morgan fingerprint density at radius 3 is 2.95 bits per heavy atom. The van der Waals surface area contributed by atoms with Gasteiger partial charge < -0.3 is 9.88 Å². The number of fused-ring (bicyclic) bond motifs is 1. The van der Waals surface area contributed by atoms with E-state index >= 15 is 0 Å². The van der Waals surface area contributed by atoms with Crippen LogP contribution in [0.25, 0.3) is 11.6 Å². The zero-order valence-electron chi connectivity index (χ0n) is 11.1. The lowest BCUT2D eigenvalue weighted by molar-refractivity contribution is 0.616. The van der Waals surface area contributed by atoms with Crippen LogP contribution in [0.3, 0.4) is 0 Å². The third-order valence-electron chi connectivity index (χ3n) is 3.95. The van der Waals surface area contributed by atoms with Crippen LogP contribution in [0.2, 0.25) is 0 Å². The van der Waals surface area contributed by atoms with Gasteiger partial charge in [0.05, 0.1) is 11.4 Å². The van der Waals surface area contributed by atoms with Gasteiger partial charge in [0.15, 0.2) is 11.6 Å². The first kappa shape index (κ1) is 11.1. The fourth-order valence-corrected chi connectivity index (χ4v) is 2.74. The summed E-state index contributed by atoms with van der Waals surface area (Å²) in [5.41, 5.74) is 3.82. The Hall–Kier alpha value is -1.75. The molecule has 1 aliphatic heterocycles. The van der Waals surface area contributed by atoms with Crippen LogP contribution in [0.15, 0.2) is 12.4 Å². The van der Waals surface area contributed by atoms with E-state index in [1.165, 1.54) is 29.8 Å². The summed E-state index contributed by atoms with van der Waals surface area (Å²) in [4.78, 5) is 13.9. The lowest BCUT2D eigenvalue weighted by Crippen LogP contribution is -2.26. The van der Waals surface area contributed by atoms with E-state index in [0.717, 1.165) is 31.2 Å². The van der Waals surface area contributed by atoms with Crippen molar-refractivity contribution in [3.63, 3.8) is 0 Å². The summed E-state index contributed by atoms with van der Waals surface area (Å²) in [7, 11) is 1.99. The highest BCUT2D eigenvalue weighted by Crippen LogP contribution is 2.42. The monoisotopic (exact) mass is 255 g/mol. The van der Waals surface area contributed by atoms with Gasteiger partial charge in [0.1, 0.15) is 0 Å². The van der Waals surface area contributed by atoms with Crippen LogP contribution in [-0.4, -0.2) is 26.1 Å². The normalized spacial score (nSPS) is 18.4. The molecule has 0 unspecified atom stereocenters. The molecule has 0 spiro atoms. The van der Waals surface area contributed by atoms with Crippen LogP contribution in [0.4, 0.5) is 0 Å². The molecule has 19 heavy (non-hydrogen) atoms. The van der Waals surface area contributed by atoms with Crippen molar-refractivity contribution in [2.45, 2.75) is 31.7 Å². The molecular weight excluding hydrogens is 238 g/mol. The van der Waals surface area contributed by atoms with Crippen LogP contribution < -0.4 is 5.32 Å². The highest BCUT2D eigenvalue weighted by molar-refractivity contribution is 5.48. The topological polar surface area (TPSA) is 55.6 Å². The average molecular weight is 255 g/mol. The molecule has 1 fully saturated rings. The molecule has 0 saturated heterocycles. The molecule has 98 valence electrons. The van der Waals surface area contributed by atoms with Crippen molar-refractivity contribution in [1.29, 1.82) is 0 Å². The summed E-state index contributed by atoms with van der Waals surface area (Å²) in [5, 5.41) is 3.43. The second-order valence-corrected chi connectivity index (χ2v) is 5.42. The largest absolute Gasteiger partial charge is 0.331 e. The third kappa shape index (κ3) is 1.85. The van der Waals surface area contributed by atoms with Gasteiger partial charge in [0.25, 0.3) is 0 Å². The van der Waals surface area contributed by atoms with Crippen molar-refractivity contribution in [3.05, 3.63) is 29.3 Å². The van der Waals surface area contributed by atoms with Gasteiger partial charge in [-0.1, -0.05) is 0 Å². The van der Waals surface area contributed by atoms with E-state index in [4.69, 9.17) is 9.97 Å². The summed E-state index contributed by atoms with van der Waals surface area (Å²) in [6.45, 7) is 1.93. The zero-order valence-corrected chi connectivity index (χ0v) is 11.1. The van der Waals surface area contributed by atoms with Gasteiger partial charge in [-0.3, -0.25) is 0 Å². The number of rotatable bonds is 2. The number of hydrogen-bond acceptors (Lipinski definition) is 4. The first-order valence-electron chi connectivity index (χ1n) is 6.91. The van der Waals surface area contributed by atoms with Gasteiger partial charge in [-0.2, -0.15) is 0 Å². The van der Waals surface area contributed by atoms with Crippen molar-refractivity contribution in [1.82, 2.24) is 24.8 Å². The molecule has 1 N–H and O–H groups in total. The molecule has 1 saturated carbocycles. The summed E-state index contributed by atoms with van der Waals surface area (Å²) in [5.74, 6) is 2.30. The summed E-state index contributed by atoms with van der Waals surface area (Å²) in [6, 6.07) is 0. The van der Waals surface area contributed by atoms with E-state index in [-0.39, 0.29) is 0 Å². The predicted molar refractivity (Wildman–Crippen MR) is 71.6 cm³/mol. The van der Waals surface area contributed by atoms with Crippen molar-refractivity contribution < 1.29 is 0 Å². The Morgan fingerprint density at radius 2 is 2.21 bits per heavy atom. The first-order valence-corrected chi connectivity index (χ1v) is 6.91. The van der Waals surface area contributed by atoms with Crippen LogP contribution >= 0.6 is 0 Å². The molecule has 5 nitrogen and oxygen atoms in total. The maximum atomic E-state index is 4.82. The van der Waals surface area contributed by atoms with Crippen LogP contribution in [-0.2, 0) is 20.0 Å². The molecule has 0 aromatic carbocycles. The number of aromatic nitrogens is 4. The van der Waals surface area contributed by atoms with Gasteiger partial charge >= 0.3 is 0 Å². The van der Waals surface area contributed by atoms with Crippen molar-refractivity contribution in [2.75, 3.05) is 6.54 Å². The highest BCUT2D eigenvalue weighted by atomic mass is 15.1. The molecule has 0 atom stereocenters. The van der Waals surface area contributed by atoms with Gasteiger partial charge in [-0.15, -0.1) is 0 Å². The van der Waals surface area contributed by atoms with Crippen molar-refractivity contribution in [2.24, 2.45) is 7.05 Å². The summed E-state index contributed by atoms with van der Waals surface area (Å²) in [6.07, 6.45) is 7.27. The van der Waals surface area contributed by atoms with E-state index in [1.807, 2.05) is 17.8 Å². The lowest BCUT2D eigenvalue weighted by Gasteiger charge is -2.20. The second kappa shape index (κ2) is 4.13. The molecule has 0 bridgehead atoms. The van der Waals surface area contributed by atoms with Gasteiger partial charge in [0, 0.05) is 50.4 Å². The van der Waals surface area contributed by atoms with Gasteiger partial charge in [-0.05, 0) is 12.8 Å². The van der Waals surface area contributed by atoms with E-state index in [1.54, 1.807) is 6.20 Å². The highest BCUT2D eigenvalue weighted by Gasteiger charge is 2.31. The average Bonchev–Trinajstić information content (AvgIpc) is 3.19. The minimum absolute atomic E-state index is 0.649. The molecular formula is C14H17N5. The Kier molecular flexibility index (Phi) is 2.41. The molecule has 1 aliphatic carbocycles. The van der Waals surface area contributed by atoms with Crippen molar-refractivity contribution >= 4 is 0 Å². The Balaban J connectivity index is 1.88. The fraction of sp³-hybridized carbons (Fsp3) is 0.500. The van der Waals surface area contributed by atoms with E-state index in [9.17, 15) is 0 Å². The zero-order chi connectivity index (χ0) is 12.8. The smallest absolute Gasteiger partial charge is 0.196 e. The Labute approximate surface area is 112 Å². The summed E-state index contributed by atoms with van der Waals surface area (Å²) < 4.78 is 1.99. The molecule has 0 amide bonds. The third-order valence-corrected chi connectivity index (χ3v) is 3.95. The molecule has 0 radical (unpaired) electrons. The van der Waals surface area contributed by atoms with Crippen molar-refractivity contribution in [3.8, 4) is 11.6 Å². The van der Waals surface area contributed by atoms with Crippen LogP contribution in [0, 0.1) is 0 Å². The molecule has 2 aliphatic rings. The van der Waals surface area contributed by atoms with E-state index in [2.05, 4.69) is 10.3 Å². The number of hydrogen-bond donors (Lipinski definition) is 1. The summed E-state index contributed by atoms with van der Waals surface area (Å²) >= 11 is 0. The molecule has 2 aromatic heterocycles. The number of aryl methyl sites for hydroxylation is 1. The first-order chi connectivity index (χ1) is 9.33. The van der Waals surface area contributed by atoms with Gasteiger partial charge in [-0.25, -0.2) is 15.0 Å². The molecule has 3 heterocycles. The number of nitrogens with zero attached hydrogens (tertiary/aromatic N) is 4. The van der Waals surface area contributed by atoms with E-state index < -0.39 is 0 Å². The van der Waals surface area contributed by atoms with Gasteiger partial charge in [0.2, 0.25) is 0 Å². The standard InChI is InChI=1S/C14H17N5/c1-19-7-6-16-14(19)13-17-11-4-5-15-8-10(11)12(18-13)9-2-3-9/h6-7,9,15H,2-5,8H2,1H3. The van der Waals surface area contributed by atoms with Crippen LogP contribution in [0.1, 0.15) is 35.7 Å². The molecule has 5 heteroatoms. The maximum absolute atomic E-state index is 4.82. The van der Waals surface area contributed by atoms with Crippen LogP contribution in [0.5, 0.6) is 0 Å². The minimum Gasteiger partial charge on any atom is -0.331 e. The minimum atomic E-state index is 0.649. The lowest BCUT2D eigenvalue weighted by atomic mass is 10.0.